The zero-order valence-electron chi connectivity index (χ0n) is 15.6. The normalized spacial score (nSPS) is 15.8. The van der Waals surface area contributed by atoms with Crippen LogP contribution in [0.2, 0.25) is 0 Å². The van der Waals surface area contributed by atoms with Crippen LogP contribution in [0.5, 0.6) is 0 Å². The van der Waals surface area contributed by atoms with Gasteiger partial charge in [-0.1, -0.05) is 0 Å². The molecule has 1 aliphatic rings. The highest BCUT2D eigenvalue weighted by atomic mass is 16.3. The van der Waals surface area contributed by atoms with Gasteiger partial charge in [0.05, 0.1) is 13.2 Å². The van der Waals surface area contributed by atoms with Crippen LogP contribution in [0.4, 0.5) is 0 Å². The Morgan fingerprint density at radius 1 is 1.38 bits per heavy atom. The van der Waals surface area contributed by atoms with Gasteiger partial charge in [-0.25, -0.2) is 4.98 Å². The largest absolute Gasteiger partial charge is 0.448 e. The van der Waals surface area contributed by atoms with Crippen molar-refractivity contribution in [2.75, 3.05) is 33.3 Å². The number of nitrogens with zero attached hydrogens (tertiary/aromatic N) is 6. The van der Waals surface area contributed by atoms with E-state index < -0.39 is 0 Å². The number of likely N-dealkylation sites (tertiary alicyclic amines) is 1. The van der Waals surface area contributed by atoms with E-state index in [1.54, 1.807) is 6.92 Å². The number of rotatable bonds is 6. The lowest BCUT2D eigenvalue weighted by Gasteiger charge is -2.31. The number of hydrogen-bond acceptors (Lipinski definition) is 7. The van der Waals surface area contributed by atoms with Crippen LogP contribution in [0.15, 0.2) is 10.8 Å². The van der Waals surface area contributed by atoms with Gasteiger partial charge in [0.2, 0.25) is 0 Å². The van der Waals surface area contributed by atoms with Gasteiger partial charge in [0.1, 0.15) is 17.4 Å². The molecule has 0 aliphatic carbocycles. The third kappa shape index (κ3) is 3.78. The Morgan fingerprint density at radius 2 is 2.12 bits per heavy atom. The van der Waals surface area contributed by atoms with E-state index in [0.717, 1.165) is 24.5 Å². The molecule has 1 aliphatic heterocycles. The van der Waals surface area contributed by atoms with Crippen LogP contribution in [0.25, 0.3) is 0 Å². The summed E-state index contributed by atoms with van der Waals surface area (Å²) < 4.78 is 7.17. The van der Waals surface area contributed by atoms with Gasteiger partial charge in [-0.2, -0.15) is 0 Å². The van der Waals surface area contributed by atoms with Crippen LogP contribution < -0.4 is 0 Å². The molecule has 3 rings (SSSR count). The van der Waals surface area contributed by atoms with E-state index in [2.05, 4.69) is 15.2 Å². The standard InChI is InChI=1S/C17H26N6O3/c1-12-15(18-11-26-12)17(25)23-6-4-13(5-7-23)16-20-19-14(22(16)3)10-21(2)8-9-24/h11,13,24H,4-10H2,1-3H3. The summed E-state index contributed by atoms with van der Waals surface area (Å²) in [5, 5.41) is 17.7. The van der Waals surface area contributed by atoms with Crippen molar-refractivity contribution in [1.29, 1.82) is 0 Å². The lowest BCUT2D eigenvalue weighted by atomic mass is 9.95. The van der Waals surface area contributed by atoms with Crippen molar-refractivity contribution in [3.63, 3.8) is 0 Å². The molecule has 2 aromatic heterocycles. The Labute approximate surface area is 152 Å². The lowest BCUT2D eigenvalue weighted by Crippen LogP contribution is -2.38. The summed E-state index contributed by atoms with van der Waals surface area (Å²) >= 11 is 0. The smallest absolute Gasteiger partial charge is 0.276 e. The number of carbonyl (C=O) groups is 1. The molecule has 0 bridgehead atoms. The van der Waals surface area contributed by atoms with Crippen molar-refractivity contribution < 1.29 is 14.3 Å². The molecule has 0 unspecified atom stereocenters. The number of carbonyl (C=O) groups excluding carboxylic acids is 1. The van der Waals surface area contributed by atoms with Crippen LogP contribution in [0, 0.1) is 6.92 Å². The minimum absolute atomic E-state index is 0.0704. The van der Waals surface area contributed by atoms with Gasteiger partial charge in [0.25, 0.3) is 5.91 Å². The number of aliphatic hydroxyl groups is 1. The molecule has 1 N–H and O–H groups in total. The summed E-state index contributed by atoms with van der Waals surface area (Å²) in [6.07, 6.45) is 3.01. The molecule has 26 heavy (non-hydrogen) atoms. The van der Waals surface area contributed by atoms with Gasteiger partial charge < -0.3 is 19.0 Å². The summed E-state index contributed by atoms with van der Waals surface area (Å²) in [6.45, 7) is 4.46. The molecular weight excluding hydrogens is 336 g/mol. The third-order valence-corrected chi connectivity index (χ3v) is 4.99. The number of likely N-dealkylation sites (N-methyl/N-ethyl adjacent to an activating group) is 1. The number of aliphatic hydroxyl groups excluding tert-OH is 1. The number of piperidine rings is 1. The van der Waals surface area contributed by atoms with E-state index in [0.29, 0.717) is 37.6 Å². The van der Waals surface area contributed by atoms with E-state index >= 15 is 0 Å². The highest BCUT2D eigenvalue weighted by Gasteiger charge is 2.29. The van der Waals surface area contributed by atoms with Crippen LogP contribution >= 0.6 is 0 Å². The average Bonchev–Trinajstić information content (AvgIpc) is 3.21. The summed E-state index contributed by atoms with van der Waals surface area (Å²) in [5.74, 6) is 2.61. The highest BCUT2D eigenvalue weighted by Crippen LogP contribution is 2.27. The summed E-state index contributed by atoms with van der Waals surface area (Å²) in [7, 11) is 3.92. The lowest BCUT2D eigenvalue weighted by molar-refractivity contribution is 0.0703. The molecule has 2 aromatic rings. The van der Waals surface area contributed by atoms with Crippen molar-refractivity contribution >= 4 is 5.91 Å². The zero-order chi connectivity index (χ0) is 18.7. The minimum atomic E-state index is -0.0704. The Kier molecular flexibility index (Phi) is 5.67. The molecule has 0 radical (unpaired) electrons. The fourth-order valence-corrected chi connectivity index (χ4v) is 3.36. The van der Waals surface area contributed by atoms with Crippen LogP contribution in [0.3, 0.4) is 0 Å². The Hall–Kier alpha value is -2.26. The first-order valence-electron chi connectivity index (χ1n) is 8.88. The average molecular weight is 362 g/mol. The monoisotopic (exact) mass is 362 g/mol. The molecule has 142 valence electrons. The van der Waals surface area contributed by atoms with Crippen molar-refractivity contribution in [3.8, 4) is 0 Å². The summed E-state index contributed by atoms with van der Waals surface area (Å²) in [6, 6.07) is 0. The second-order valence-corrected chi connectivity index (χ2v) is 6.82. The molecule has 1 saturated heterocycles. The number of amides is 1. The minimum Gasteiger partial charge on any atom is -0.448 e. The van der Waals surface area contributed by atoms with E-state index in [4.69, 9.17) is 9.52 Å². The number of aromatic nitrogens is 4. The quantitative estimate of drug-likeness (QED) is 0.801. The topological polar surface area (TPSA) is 101 Å². The predicted octanol–water partition coefficient (Wildman–Crippen LogP) is 0.555. The van der Waals surface area contributed by atoms with E-state index in [-0.39, 0.29) is 18.4 Å². The van der Waals surface area contributed by atoms with Gasteiger partial charge in [0, 0.05) is 32.6 Å². The second-order valence-electron chi connectivity index (χ2n) is 6.82. The Balaban J connectivity index is 1.61. The molecule has 0 atom stereocenters. The molecule has 1 amide bonds. The first-order chi connectivity index (χ1) is 12.5. The molecule has 9 heteroatoms. The van der Waals surface area contributed by atoms with Crippen LogP contribution in [-0.4, -0.2) is 73.9 Å². The molecular formula is C17H26N6O3. The van der Waals surface area contributed by atoms with Crippen LogP contribution in [-0.2, 0) is 13.6 Å². The predicted molar refractivity (Wildman–Crippen MR) is 93.5 cm³/mol. The van der Waals surface area contributed by atoms with E-state index in [1.807, 2.05) is 28.5 Å². The van der Waals surface area contributed by atoms with Crippen molar-refractivity contribution in [3.05, 3.63) is 29.5 Å². The maximum Gasteiger partial charge on any atom is 0.276 e. The highest BCUT2D eigenvalue weighted by molar-refractivity contribution is 5.93. The van der Waals surface area contributed by atoms with E-state index in [1.165, 1.54) is 6.39 Å². The second kappa shape index (κ2) is 7.96. The van der Waals surface area contributed by atoms with Crippen molar-refractivity contribution in [2.24, 2.45) is 7.05 Å². The molecule has 0 spiro atoms. The fourth-order valence-electron chi connectivity index (χ4n) is 3.36. The number of oxazole rings is 1. The van der Waals surface area contributed by atoms with Gasteiger partial charge >= 0.3 is 0 Å². The maximum absolute atomic E-state index is 12.5. The third-order valence-electron chi connectivity index (χ3n) is 4.99. The maximum atomic E-state index is 12.5. The summed E-state index contributed by atoms with van der Waals surface area (Å²) in [5.41, 5.74) is 0.399. The molecule has 0 saturated carbocycles. The van der Waals surface area contributed by atoms with E-state index in [9.17, 15) is 4.79 Å². The van der Waals surface area contributed by atoms with Crippen molar-refractivity contribution in [1.82, 2.24) is 29.5 Å². The fraction of sp³-hybridized carbons (Fsp3) is 0.647. The van der Waals surface area contributed by atoms with Gasteiger partial charge in [0.15, 0.2) is 12.1 Å². The van der Waals surface area contributed by atoms with Gasteiger partial charge in [-0.3, -0.25) is 9.69 Å². The zero-order valence-corrected chi connectivity index (χ0v) is 15.6. The number of aryl methyl sites for hydroxylation is 1. The SMILES string of the molecule is Cc1ocnc1C(=O)N1CCC(c2nnc(CN(C)CCO)n2C)CC1. The molecule has 3 heterocycles. The Morgan fingerprint density at radius 3 is 2.73 bits per heavy atom. The number of hydrogen-bond donors (Lipinski definition) is 1. The summed E-state index contributed by atoms with van der Waals surface area (Å²) in [4.78, 5) is 20.4. The molecule has 9 nitrogen and oxygen atoms in total. The molecule has 1 fully saturated rings. The molecule has 0 aromatic carbocycles. The van der Waals surface area contributed by atoms with Gasteiger partial charge in [-0.15, -0.1) is 10.2 Å². The first-order valence-corrected chi connectivity index (χ1v) is 8.88. The van der Waals surface area contributed by atoms with Gasteiger partial charge in [-0.05, 0) is 26.8 Å². The van der Waals surface area contributed by atoms with Crippen molar-refractivity contribution in [2.45, 2.75) is 32.2 Å². The van der Waals surface area contributed by atoms with Crippen LogP contribution in [0.1, 0.15) is 46.7 Å². The Bertz CT molecular complexity index is 748. The first kappa shape index (κ1) is 18.5.